The van der Waals surface area contributed by atoms with E-state index in [-0.39, 0.29) is 29.3 Å². The van der Waals surface area contributed by atoms with Gasteiger partial charge in [-0.05, 0) is 51.6 Å². The number of likely N-dealkylation sites (N-methyl/N-ethyl adjacent to an activating group) is 1. The number of hydrogen-bond donors (Lipinski definition) is 2. The van der Waals surface area contributed by atoms with Crippen molar-refractivity contribution in [3.05, 3.63) is 0 Å². The van der Waals surface area contributed by atoms with E-state index in [0.29, 0.717) is 19.4 Å². The van der Waals surface area contributed by atoms with E-state index in [0.717, 1.165) is 58.2 Å². The average Bonchev–Trinajstić information content (AvgIpc) is 3.20. The summed E-state index contributed by atoms with van der Waals surface area (Å²) < 4.78 is 0. The predicted octanol–water partition coefficient (Wildman–Crippen LogP) is 1.27. The summed E-state index contributed by atoms with van der Waals surface area (Å²) in [5.41, 5.74) is -0.234. The van der Waals surface area contributed by atoms with Crippen LogP contribution in [-0.2, 0) is 14.4 Å². The summed E-state index contributed by atoms with van der Waals surface area (Å²) in [4.78, 5) is 40.6. The van der Waals surface area contributed by atoms with Crippen LogP contribution in [0.1, 0.15) is 65.2 Å². The minimum Gasteiger partial charge on any atom is -0.359 e. The van der Waals surface area contributed by atoms with Gasteiger partial charge in [0, 0.05) is 26.4 Å². The summed E-state index contributed by atoms with van der Waals surface area (Å²) in [5, 5.41) is 5.91. The number of unbranched alkanes of at least 4 members (excludes halogenated alkanes) is 1. The summed E-state index contributed by atoms with van der Waals surface area (Å²) in [6.07, 6.45) is 6.25. The van der Waals surface area contributed by atoms with Crippen LogP contribution in [0.25, 0.3) is 0 Å². The molecule has 2 atom stereocenters. The molecule has 3 amide bonds. The van der Waals surface area contributed by atoms with Crippen molar-refractivity contribution >= 4 is 17.7 Å². The van der Waals surface area contributed by atoms with Gasteiger partial charge in [-0.1, -0.05) is 13.8 Å². The number of likely N-dealkylation sites (tertiary alicyclic amines) is 1. The fourth-order valence-corrected chi connectivity index (χ4v) is 4.58. The summed E-state index contributed by atoms with van der Waals surface area (Å²) in [7, 11) is 1.63. The van der Waals surface area contributed by atoms with Crippen LogP contribution >= 0.6 is 0 Å². The van der Waals surface area contributed by atoms with Gasteiger partial charge in [0.1, 0.15) is 0 Å². The molecule has 0 aromatic carbocycles. The van der Waals surface area contributed by atoms with E-state index < -0.39 is 0 Å². The fraction of sp³-hybridized carbons (Fsp3) is 0.850. The number of nitrogens with zero attached hydrogens (tertiary/aromatic N) is 2. The van der Waals surface area contributed by atoms with Crippen LogP contribution in [0.4, 0.5) is 0 Å². The Kier molecular flexibility index (Phi) is 8.07. The number of rotatable bonds is 10. The summed E-state index contributed by atoms with van der Waals surface area (Å²) >= 11 is 0. The van der Waals surface area contributed by atoms with Gasteiger partial charge >= 0.3 is 0 Å². The Morgan fingerprint density at radius 3 is 2.44 bits per heavy atom. The van der Waals surface area contributed by atoms with Gasteiger partial charge in [0.2, 0.25) is 17.7 Å². The first-order chi connectivity index (χ1) is 13.0. The molecule has 27 heavy (non-hydrogen) atoms. The summed E-state index contributed by atoms with van der Waals surface area (Å²) in [6.45, 7) is 7.00. The van der Waals surface area contributed by atoms with Crippen molar-refractivity contribution in [3.8, 4) is 0 Å². The van der Waals surface area contributed by atoms with Crippen molar-refractivity contribution in [1.82, 2.24) is 20.4 Å². The van der Waals surface area contributed by atoms with E-state index >= 15 is 0 Å². The van der Waals surface area contributed by atoms with Crippen LogP contribution in [0.5, 0.6) is 0 Å². The molecule has 154 valence electrons. The molecule has 0 aromatic heterocycles. The van der Waals surface area contributed by atoms with E-state index in [4.69, 9.17) is 0 Å². The third-order valence-corrected chi connectivity index (χ3v) is 6.21. The lowest BCUT2D eigenvalue weighted by Crippen LogP contribution is -2.56. The molecule has 2 rings (SSSR count). The first kappa shape index (κ1) is 21.7. The van der Waals surface area contributed by atoms with Crippen LogP contribution in [-0.4, -0.2) is 72.3 Å². The fourth-order valence-electron chi connectivity index (χ4n) is 4.58. The van der Waals surface area contributed by atoms with Crippen LogP contribution in [0.3, 0.4) is 0 Å². The highest BCUT2D eigenvalue weighted by Crippen LogP contribution is 2.42. The van der Waals surface area contributed by atoms with Gasteiger partial charge in [0.25, 0.3) is 0 Å². The lowest BCUT2D eigenvalue weighted by atomic mass is 9.92. The van der Waals surface area contributed by atoms with Crippen LogP contribution in [0.15, 0.2) is 0 Å². The molecule has 0 radical (unpaired) electrons. The first-order valence-electron chi connectivity index (χ1n) is 10.5. The highest BCUT2D eigenvalue weighted by molar-refractivity contribution is 5.81. The standard InChI is InChI=1S/C20H36N4O3/c1-4-23(5-2)15-18(26)22-20-12-8-9-16(20)24(14-13-20)19(27)11-7-6-10-17(25)21-3/h16H,4-15H2,1-3H3,(H,21,25)(H,22,26). The minimum absolute atomic E-state index is 0.0225. The molecule has 2 N–H and O–H groups in total. The zero-order chi connectivity index (χ0) is 19.9. The molecule has 7 nitrogen and oxygen atoms in total. The van der Waals surface area contributed by atoms with Crippen molar-refractivity contribution in [1.29, 1.82) is 0 Å². The smallest absolute Gasteiger partial charge is 0.234 e. The van der Waals surface area contributed by atoms with Crippen molar-refractivity contribution in [3.63, 3.8) is 0 Å². The van der Waals surface area contributed by atoms with E-state index in [1.54, 1.807) is 7.05 Å². The Bertz CT molecular complexity index is 535. The third-order valence-electron chi connectivity index (χ3n) is 6.21. The topological polar surface area (TPSA) is 81.8 Å². The zero-order valence-electron chi connectivity index (χ0n) is 17.2. The molecular formula is C20H36N4O3. The Balaban J connectivity index is 1.87. The highest BCUT2D eigenvalue weighted by atomic mass is 16.2. The van der Waals surface area contributed by atoms with Crippen molar-refractivity contribution in [2.75, 3.05) is 33.2 Å². The minimum atomic E-state index is -0.234. The van der Waals surface area contributed by atoms with Gasteiger partial charge < -0.3 is 15.5 Å². The normalized spacial score (nSPS) is 24.1. The van der Waals surface area contributed by atoms with Gasteiger partial charge in [-0.2, -0.15) is 0 Å². The second-order valence-corrected chi connectivity index (χ2v) is 7.79. The number of hydrogen-bond acceptors (Lipinski definition) is 4. The SMILES string of the molecule is CCN(CC)CC(=O)NC12CCCC1N(C(=O)CCCCC(=O)NC)CC2. The molecule has 2 fully saturated rings. The molecule has 0 aromatic rings. The van der Waals surface area contributed by atoms with E-state index in [2.05, 4.69) is 29.4 Å². The molecule has 2 aliphatic rings. The van der Waals surface area contributed by atoms with Gasteiger partial charge in [-0.3, -0.25) is 19.3 Å². The third kappa shape index (κ3) is 5.43. The molecule has 1 aliphatic carbocycles. The van der Waals surface area contributed by atoms with Crippen molar-refractivity contribution < 1.29 is 14.4 Å². The first-order valence-corrected chi connectivity index (χ1v) is 10.5. The quantitative estimate of drug-likeness (QED) is 0.559. The number of fused-ring (bicyclic) bond motifs is 1. The Labute approximate surface area is 163 Å². The van der Waals surface area contributed by atoms with Gasteiger partial charge in [0.15, 0.2) is 0 Å². The Morgan fingerprint density at radius 1 is 1.07 bits per heavy atom. The second-order valence-electron chi connectivity index (χ2n) is 7.79. The monoisotopic (exact) mass is 380 g/mol. The molecule has 0 bridgehead atoms. The highest BCUT2D eigenvalue weighted by Gasteiger charge is 2.52. The molecule has 7 heteroatoms. The lowest BCUT2D eigenvalue weighted by Gasteiger charge is -2.34. The largest absolute Gasteiger partial charge is 0.359 e. The molecule has 1 aliphatic heterocycles. The van der Waals surface area contributed by atoms with Gasteiger partial charge in [-0.25, -0.2) is 0 Å². The van der Waals surface area contributed by atoms with Crippen LogP contribution in [0.2, 0.25) is 0 Å². The number of carbonyl (C=O) groups is 3. The van der Waals surface area contributed by atoms with Crippen LogP contribution < -0.4 is 10.6 Å². The maximum atomic E-state index is 12.7. The maximum absolute atomic E-state index is 12.7. The summed E-state index contributed by atoms with van der Waals surface area (Å²) in [6, 6.07) is 0.129. The predicted molar refractivity (Wildman–Crippen MR) is 105 cm³/mol. The number of carbonyl (C=O) groups excluding carboxylic acids is 3. The summed E-state index contributed by atoms with van der Waals surface area (Å²) in [5.74, 6) is 0.262. The van der Waals surface area contributed by atoms with Crippen LogP contribution in [0, 0.1) is 0 Å². The average molecular weight is 381 g/mol. The number of amides is 3. The molecular weight excluding hydrogens is 344 g/mol. The maximum Gasteiger partial charge on any atom is 0.234 e. The van der Waals surface area contributed by atoms with E-state index in [1.807, 2.05) is 4.90 Å². The van der Waals surface area contributed by atoms with Gasteiger partial charge in [0.05, 0.1) is 18.1 Å². The molecule has 1 heterocycles. The van der Waals surface area contributed by atoms with E-state index in [1.165, 1.54) is 0 Å². The molecule has 2 unspecified atom stereocenters. The Morgan fingerprint density at radius 2 is 1.78 bits per heavy atom. The zero-order valence-corrected chi connectivity index (χ0v) is 17.2. The number of nitrogens with one attached hydrogen (secondary N) is 2. The van der Waals surface area contributed by atoms with E-state index in [9.17, 15) is 14.4 Å². The lowest BCUT2D eigenvalue weighted by molar-refractivity contribution is -0.133. The second kappa shape index (κ2) is 10.1. The van der Waals surface area contributed by atoms with Gasteiger partial charge in [-0.15, -0.1) is 0 Å². The Hall–Kier alpha value is -1.63. The molecule has 1 saturated heterocycles. The van der Waals surface area contributed by atoms with Crippen molar-refractivity contribution in [2.45, 2.75) is 76.8 Å². The van der Waals surface area contributed by atoms with Crippen molar-refractivity contribution in [2.24, 2.45) is 0 Å². The molecule has 1 saturated carbocycles. The molecule has 0 spiro atoms.